The van der Waals surface area contributed by atoms with Gasteiger partial charge in [-0.1, -0.05) is 55.1 Å². The third-order valence-electron chi connectivity index (χ3n) is 4.95. The molecule has 150 valence electrons. The predicted molar refractivity (Wildman–Crippen MR) is 112 cm³/mol. The van der Waals surface area contributed by atoms with E-state index in [1.54, 1.807) is 42.5 Å². The number of rotatable bonds is 7. The van der Waals surface area contributed by atoms with Gasteiger partial charge in [-0.05, 0) is 49.1 Å². The molecule has 1 saturated carbocycles. The first-order chi connectivity index (χ1) is 13.4. The number of carbonyl (C=O) groups excluding carboxylic acids is 1. The highest BCUT2D eigenvalue weighted by atomic mass is 35.5. The van der Waals surface area contributed by atoms with Crippen LogP contribution in [0.2, 0.25) is 5.02 Å². The second-order valence-corrected chi connectivity index (χ2v) is 9.25. The van der Waals surface area contributed by atoms with Gasteiger partial charge in [-0.15, -0.1) is 0 Å². The molecule has 2 aromatic carbocycles. The molecular weight excluding hydrogens is 396 g/mol. The topological polar surface area (TPSA) is 75.3 Å². The van der Waals surface area contributed by atoms with Gasteiger partial charge in [-0.3, -0.25) is 4.79 Å². The van der Waals surface area contributed by atoms with Crippen LogP contribution in [0.1, 0.15) is 44.1 Å². The van der Waals surface area contributed by atoms with Crippen molar-refractivity contribution < 1.29 is 13.2 Å². The highest BCUT2D eigenvalue weighted by molar-refractivity contribution is 7.89. The maximum Gasteiger partial charge on any atom is 0.240 e. The van der Waals surface area contributed by atoms with E-state index >= 15 is 0 Å². The van der Waals surface area contributed by atoms with Crippen LogP contribution in [0.5, 0.6) is 0 Å². The fraction of sp³-hybridized carbons (Fsp3) is 0.381. The van der Waals surface area contributed by atoms with Gasteiger partial charge >= 0.3 is 0 Å². The van der Waals surface area contributed by atoms with Crippen molar-refractivity contribution in [2.75, 3.05) is 5.32 Å². The lowest BCUT2D eigenvalue weighted by Gasteiger charge is -2.22. The Bertz CT molecular complexity index is 908. The summed E-state index contributed by atoms with van der Waals surface area (Å²) >= 11 is 6.04. The number of carbonyl (C=O) groups is 1. The van der Waals surface area contributed by atoms with E-state index < -0.39 is 10.0 Å². The number of hydrogen-bond donors (Lipinski definition) is 2. The number of amides is 1. The van der Waals surface area contributed by atoms with Crippen LogP contribution in [-0.2, 0) is 21.2 Å². The molecule has 28 heavy (non-hydrogen) atoms. The molecule has 2 N–H and O–H groups in total. The SMILES string of the molecule is O=C(CCc1ccc(S(=O)(=O)NC2CCCCC2)cc1)Nc1ccccc1Cl. The summed E-state index contributed by atoms with van der Waals surface area (Å²) < 4.78 is 27.9. The predicted octanol–water partition coefficient (Wildman–Crippen LogP) is 4.52. The van der Waals surface area contributed by atoms with Crippen molar-refractivity contribution in [2.45, 2.75) is 55.9 Å². The standard InChI is InChI=1S/C21H25ClN2O3S/c22-19-8-4-5-9-20(19)23-21(25)15-12-16-10-13-18(14-11-16)28(26,27)24-17-6-2-1-3-7-17/h4-5,8-11,13-14,17,24H,1-3,6-7,12,15H2,(H,23,25). The minimum absolute atomic E-state index is 0.0342. The van der Waals surface area contributed by atoms with Gasteiger partial charge < -0.3 is 5.32 Å². The molecule has 1 aliphatic carbocycles. The lowest BCUT2D eigenvalue weighted by atomic mass is 9.96. The van der Waals surface area contributed by atoms with Gasteiger partial charge in [0, 0.05) is 12.5 Å². The average Bonchev–Trinajstić information content (AvgIpc) is 2.69. The van der Waals surface area contributed by atoms with Gasteiger partial charge in [-0.2, -0.15) is 0 Å². The van der Waals surface area contributed by atoms with Crippen molar-refractivity contribution in [3.63, 3.8) is 0 Å². The van der Waals surface area contributed by atoms with Crippen molar-refractivity contribution in [1.29, 1.82) is 0 Å². The maximum atomic E-state index is 12.5. The van der Waals surface area contributed by atoms with Crippen LogP contribution in [0.25, 0.3) is 0 Å². The van der Waals surface area contributed by atoms with Crippen molar-refractivity contribution in [3.8, 4) is 0 Å². The number of aryl methyl sites for hydroxylation is 1. The van der Waals surface area contributed by atoms with E-state index in [1.165, 1.54) is 6.42 Å². The molecule has 2 aromatic rings. The highest BCUT2D eigenvalue weighted by Crippen LogP contribution is 2.22. The highest BCUT2D eigenvalue weighted by Gasteiger charge is 2.21. The van der Waals surface area contributed by atoms with Gasteiger partial charge in [0.05, 0.1) is 15.6 Å². The number of halogens is 1. The van der Waals surface area contributed by atoms with Crippen LogP contribution in [0.15, 0.2) is 53.4 Å². The van der Waals surface area contributed by atoms with Gasteiger partial charge in [0.15, 0.2) is 0 Å². The summed E-state index contributed by atoms with van der Waals surface area (Å²) in [7, 11) is -3.50. The summed E-state index contributed by atoms with van der Waals surface area (Å²) in [5, 5.41) is 3.28. The van der Waals surface area contributed by atoms with Crippen molar-refractivity contribution >= 4 is 33.2 Å². The largest absolute Gasteiger partial charge is 0.325 e. The quantitative estimate of drug-likeness (QED) is 0.691. The smallest absolute Gasteiger partial charge is 0.240 e. The molecule has 0 saturated heterocycles. The second kappa shape index (κ2) is 9.54. The summed E-state index contributed by atoms with van der Waals surface area (Å²) in [4.78, 5) is 12.4. The Balaban J connectivity index is 1.53. The second-order valence-electron chi connectivity index (χ2n) is 7.13. The fourth-order valence-corrected chi connectivity index (χ4v) is 4.86. The Morgan fingerprint density at radius 2 is 1.68 bits per heavy atom. The van der Waals surface area contributed by atoms with Crippen LogP contribution < -0.4 is 10.0 Å². The molecule has 0 bridgehead atoms. The summed E-state index contributed by atoms with van der Waals surface area (Å²) in [6.07, 6.45) is 5.93. The summed E-state index contributed by atoms with van der Waals surface area (Å²) in [5.74, 6) is -0.135. The zero-order chi connectivity index (χ0) is 20.0. The minimum Gasteiger partial charge on any atom is -0.325 e. The molecule has 0 unspecified atom stereocenters. The van der Waals surface area contributed by atoms with E-state index in [0.717, 1.165) is 31.2 Å². The molecule has 1 fully saturated rings. The van der Waals surface area contributed by atoms with Gasteiger partial charge in [0.25, 0.3) is 0 Å². The van der Waals surface area contributed by atoms with E-state index in [-0.39, 0.29) is 23.3 Å². The summed E-state index contributed by atoms with van der Waals surface area (Å²) in [6.45, 7) is 0. The average molecular weight is 421 g/mol. The zero-order valence-electron chi connectivity index (χ0n) is 15.7. The Morgan fingerprint density at radius 1 is 1.00 bits per heavy atom. The molecule has 0 aromatic heterocycles. The van der Waals surface area contributed by atoms with E-state index in [2.05, 4.69) is 10.0 Å². The molecule has 1 aliphatic rings. The van der Waals surface area contributed by atoms with Crippen LogP contribution in [0.4, 0.5) is 5.69 Å². The lowest BCUT2D eigenvalue weighted by Crippen LogP contribution is -2.36. The summed E-state index contributed by atoms with van der Waals surface area (Å²) in [5.41, 5.74) is 1.50. The van der Waals surface area contributed by atoms with E-state index in [1.807, 2.05) is 6.07 Å². The third-order valence-corrected chi connectivity index (χ3v) is 6.82. The number of hydrogen-bond acceptors (Lipinski definition) is 3. The van der Waals surface area contributed by atoms with Crippen LogP contribution in [-0.4, -0.2) is 20.4 Å². The lowest BCUT2D eigenvalue weighted by molar-refractivity contribution is -0.116. The number of anilines is 1. The van der Waals surface area contributed by atoms with Gasteiger partial charge in [0.2, 0.25) is 15.9 Å². The van der Waals surface area contributed by atoms with E-state index in [0.29, 0.717) is 17.1 Å². The first-order valence-corrected chi connectivity index (χ1v) is 11.5. The van der Waals surface area contributed by atoms with Crippen LogP contribution in [0, 0.1) is 0 Å². The van der Waals surface area contributed by atoms with Gasteiger partial charge in [0.1, 0.15) is 0 Å². The molecule has 0 aliphatic heterocycles. The molecular formula is C21H25ClN2O3S. The van der Waals surface area contributed by atoms with Gasteiger partial charge in [-0.25, -0.2) is 13.1 Å². The number of para-hydroxylation sites is 1. The molecule has 0 radical (unpaired) electrons. The Kier molecular flexibility index (Phi) is 7.10. The maximum absolute atomic E-state index is 12.5. The van der Waals surface area contributed by atoms with Crippen LogP contribution in [0.3, 0.4) is 0 Å². The van der Waals surface area contributed by atoms with Crippen molar-refractivity contribution in [3.05, 3.63) is 59.1 Å². The molecule has 1 amide bonds. The zero-order valence-corrected chi connectivity index (χ0v) is 17.2. The number of sulfonamides is 1. The number of nitrogens with one attached hydrogen (secondary N) is 2. The molecule has 3 rings (SSSR count). The van der Waals surface area contributed by atoms with E-state index in [9.17, 15) is 13.2 Å². The third kappa shape index (κ3) is 5.80. The van der Waals surface area contributed by atoms with E-state index in [4.69, 9.17) is 11.6 Å². The molecule has 0 spiro atoms. The van der Waals surface area contributed by atoms with Crippen molar-refractivity contribution in [2.24, 2.45) is 0 Å². The van der Waals surface area contributed by atoms with Crippen LogP contribution >= 0.6 is 11.6 Å². The Morgan fingerprint density at radius 3 is 2.36 bits per heavy atom. The first-order valence-electron chi connectivity index (χ1n) is 9.60. The fourth-order valence-electron chi connectivity index (χ4n) is 3.38. The summed E-state index contributed by atoms with van der Waals surface area (Å²) in [6, 6.07) is 13.8. The molecule has 0 heterocycles. The number of benzene rings is 2. The minimum atomic E-state index is -3.50. The molecule has 5 nitrogen and oxygen atoms in total. The first kappa shape index (κ1) is 20.8. The monoisotopic (exact) mass is 420 g/mol. The normalized spacial score (nSPS) is 15.3. The Labute approximate surface area is 171 Å². The molecule has 7 heteroatoms. The molecule has 0 atom stereocenters. The Hall–Kier alpha value is -1.89. The van der Waals surface area contributed by atoms with Crippen molar-refractivity contribution in [1.82, 2.24) is 4.72 Å².